The summed E-state index contributed by atoms with van der Waals surface area (Å²) in [5.74, 6) is 0.519. The Bertz CT molecular complexity index is 1070. The van der Waals surface area contributed by atoms with Crippen LogP contribution in [0.2, 0.25) is 10.0 Å². The van der Waals surface area contributed by atoms with Crippen molar-refractivity contribution in [3.8, 4) is 5.75 Å². The maximum atomic E-state index is 13.5. The lowest BCUT2D eigenvalue weighted by Gasteiger charge is -2.38. The third-order valence-corrected chi connectivity index (χ3v) is 5.63. The third-order valence-electron chi connectivity index (χ3n) is 4.57. The summed E-state index contributed by atoms with van der Waals surface area (Å²) in [4.78, 5) is 15.2. The monoisotopic (exact) mass is 476 g/mol. The molecule has 0 radical (unpaired) electrons. The number of fused-ring (bicyclic) bond motifs is 1. The van der Waals surface area contributed by atoms with Gasteiger partial charge in [-0.2, -0.15) is 0 Å². The largest absolute Gasteiger partial charge is 0.497 e. The molecule has 4 nitrogen and oxygen atoms in total. The highest BCUT2D eigenvalue weighted by Gasteiger charge is 2.35. The molecule has 142 valence electrons. The van der Waals surface area contributed by atoms with Crippen molar-refractivity contribution in [2.24, 2.45) is 0 Å². The molecule has 1 amide bonds. The van der Waals surface area contributed by atoms with Crippen LogP contribution < -0.4 is 15.0 Å². The van der Waals surface area contributed by atoms with E-state index >= 15 is 0 Å². The number of anilines is 2. The molecule has 0 aromatic heterocycles. The highest BCUT2D eigenvalue weighted by molar-refractivity contribution is 9.10. The molecule has 0 bridgehead atoms. The van der Waals surface area contributed by atoms with E-state index in [0.717, 1.165) is 15.7 Å². The first-order chi connectivity index (χ1) is 13.5. The summed E-state index contributed by atoms with van der Waals surface area (Å²) in [5.41, 5.74) is 2.75. The molecular formula is C21H15BrCl2N2O2. The lowest BCUT2D eigenvalue weighted by molar-refractivity contribution is 0.0975. The summed E-state index contributed by atoms with van der Waals surface area (Å²) >= 11 is 16.0. The van der Waals surface area contributed by atoms with Gasteiger partial charge in [0, 0.05) is 31.8 Å². The van der Waals surface area contributed by atoms with Crippen LogP contribution >= 0.6 is 39.1 Å². The summed E-state index contributed by atoms with van der Waals surface area (Å²) in [6.45, 7) is 0. The SMILES string of the molecule is COc1cccc(N2C(=O)c3cc(Br)ccc3NC2c2ccc(Cl)cc2Cl)c1. The van der Waals surface area contributed by atoms with E-state index in [2.05, 4.69) is 21.2 Å². The minimum atomic E-state index is -0.502. The van der Waals surface area contributed by atoms with Crippen LogP contribution in [0.5, 0.6) is 5.75 Å². The maximum Gasteiger partial charge on any atom is 0.262 e. The van der Waals surface area contributed by atoms with Gasteiger partial charge >= 0.3 is 0 Å². The lowest BCUT2D eigenvalue weighted by Crippen LogP contribution is -2.43. The second-order valence-corrected chi connectivity index (χ2v) is 8.04. The number of halogens is 3. The maximum absolute atomic E-state index is 13.5. The van der Waals surface area contributed by atoms with Gasteiger partial charge in [-0.1, -0.05) is 51.3 Å². The molecular weight excluding hydrogens is 463 g/mol. The Balaban J connectivity index is 1.90. The number of carbonyl (C=O) groups is 1. The van der Waals surface area contributed by atoms with E-state index in [0.29, 0.717) is 27.0 Å². The summed E-state index contributed by atoms with van der Waals surface area (Å²) < 4.78 is 6.17. The number of methoxy groups -OCH3 is 1. The molecule has 1 aliphatic heterocycles. The minimum Gasteiger partial charge on any atom is -0.497 e. The second kappa shape index (κ2) is 7.66. The fourth-order valence-corrected chi connectivity index (χ4v) is 4.12. The van der Waals surface area contributed by atoms with Crippen LogP contribution in [0.25, 0.3) is 0 Å². The molecule has 0 aliphatic carbocycles. The Morgan fingerprint density at radius 3 is 2.64 bits per heavy atom. The van der Waals surface area contributed by atoms with Crippen molar-refractivity contribution in [3.05, 3.63) is 86.3 Å². The van der Waals surface area contributed by atoms with Crippen molar-refractivity contribution in [1.82, 2.24) is 0 Å². The van der Waals surface area contributed by atoms with Crippen molar-refractivity contribution in [2.45, 2.75) is 6.17 Å². The first-order valence-electron chi connectivity index (χ1n) is 8.46. The first-order valence-corrected chi connectivity index (χ1v) is 10.0. The summed E-state index contributed by atoms with van der Waals surface area (Å²) in [7, 11) is 1.59. The van der Waals surface area contributed by atoms with Crippen LogP contribution in [0.1, 0.15) is 22.1 Å². The molecule has 1 N–H and O–H groups in total. The Morgan fingerprint density at radius 1 is 1.07 bits per heavy atom. The number of ether oxygens (including phenoxy) is 1. The van der Waals surface area contributed by atoms with E-state index in [-0.39, 0.29) is 5.91 Å². The smallest absolute Gasteiger partial charge is 0.262 e. The number of amides is 1. The van der Waals surface area contributed by atoms with Gasteiger partial charge in [-0.05, 0) is 42.5 Å². The Labute approximate surface area is 181 Å². The number of rotatable bonds is 3. The molecule has 7 heteroatoms. The van der Waals surface area contributed by atoms with Crippen molar-refractivity contribution in [3.63, 3.8) is 0 Å². The predicted molar refractivity (Wildman–Crippen MR) is 117 cm³/mol. The molecule has 0 spiro atoms. The van der Waals surface area contributed by atoms with Crippen molar-refractivity contribution < 1.29 is 9.53 Å². The van der Waals surface area contributed by atoms with Crippen LogP contribution in [-0.4, -0.2) is 13.0 Å². The number of carbonyl (C=O) groups excluding carboxylic acids is 1. The summed E-state index contributed by atoms with van der Waals surface area (Å²) in [6.07, 6.45) is -0.502. The number of hydrogen-bond donors (Lipinski definition) is 1. The average molecular weight is 478 g/mol. The van der Waals surface area contributed by atoms with Crippen molar-refractivity contribution in [2.75, 3.05) is 17.3 Å². The molecule has 1 heterocycles. The number of nitrogens with zero attached hydrogens (tertiary/aromatic N) is 1. The highest BCUT2D eigenvalue weighted by atomic mass is 79.9. The molecule has 1 atom stereocenters. The fourth-order valence-electron chi connectivity index (χ4n) is 3.24. The van der Waals surface area contributed by atoms with Crippen molar-refractivity contribution >= 4 is 56.4 Å². The van der Waals surface area contributed by atoms with E-state index in [9.17, 15) is 4.79 Å². The van der Waals surface area contributed by atoms with E-state index < -0.39 is 6.17 Å². The summed E-state index contributed by atoms with van der Waals surface area (Å²) in [5, 5.41) is 4.45. The zero-order valence-corrected chi connectivity index (χ0v) is 17.8. The second-order valence-electron chi connectivity index (χ2n) is 6.28. The van der Waals surface area contributed by atoms with E-state index in [4.69, 9.17) is 27.9 Å². The molecule has 1 aliphatic rings. The molecule has 0 saturated heterocycles. The van der Waals surface area contributed by atoms with Crippen molar-refractivity contribution in [1.29, 1.82) is 0 Å². The normalized spacial score (nSPS) is 15.8. The van der Waals surface area contributed by atoms with Crippen LogP contribution in [0.15, 0.2) is 65.1 Å². The molecule has 0 saturated carbocycles. The molecule has 3 aromatic rings. The van der Waals surface area contributed by atoms with Gasteiger partial charge in [0.1, 0.15) is 11.9 Å². The highest BCUT2D eigenvalue weighted by Crippen LogP contribution is 2.40. The van der Waals surface area contributed by atoms with Gasteiger partial charge < -0.3 is 10.1 Å². The molecule has 3 aromatic carbocycles. The van der Waals surface area contributed by atoms with E-state index in [1.807, 2.05) is 42.5 Å². The van der Waals surface area contributed by atoms with Crippen LogP contribution in [0, 0.1) is 0 Å². The Hall–Kier alpha value is -2.21. The number of hydrogen-bond acceptors (Lipinski definition) is 3. The topological polar surface area (TPSA) is 41.6 Å². The molecule has 4 rings (SSSR count). The van der Waals surface area contributed by atoms with Gasteiger partial charge in [0.15, 0.2) is 0 Å². The molecule has 1 unspecified atom stereocenters. The molecule has 0 fully saturated rings. The Morgan fingerprint density at radius 2 is 1.89 bits per heavy atom. The quantitative estimate of drug-likeness (QED) is 0.465. The number of nitrogens with one attached hydrogen (secondary N) is 1. The van der Waals surface area contributed by atoms with Crippen LogP contribution in [0.4, 0.5) is 11.4 Å². The Kier molecular flexibility index (Phi) is 5.23. The fraction of sp³-hybridized carbons (Fsp3) is 0.0952. The average Bonchev–Trinajstić information content (AvgIpc) is 2.68. The van der Waals surface area contributed by atoms with E-state index in [1.54, 1.807) is 30.2 Å². The van der Waals surface area contributed by atoms with Gasteiger partial charge in [-0.3, -0.25) is 9.69 Å². The third kappa shape index (κ3) is 3.46. The first kappa shape index (κ1) is 19.1. The predicted octanol–water partition coefficient (Wildman–Crippen LogP) is 6.54. The van der Waals surface area contributed by atoms with Crippen LogP contribution in [0.3, 0.4) is 0 Å². The summed E-state index contributed by atoms with van der Waals surface area (Å²) in [6, 6.07) is 18.2. The van der Waals surface area contributed by atoms with Gasteiger partial charge in [-0.25, -0.2) is 0 Å². The standard InChI is InChI=1S/C21H15BrCl2N2O2/c1-28-15-4-2-3-14(11-15)26-20(16-7-6-13(23)10-18(16)24)25-19-8-5-12(22)9-17(19)21(26)27/h2-11,20,25H,1H3. The van der Waals surface area contributed by atoms with Gasteiger partial charge in [0.2, 0.25) is 0 Å². The van der Waals surface area contributed by atoms with Gasteiger partial charge in [0.25, 0.3) is 5.91 Å². The van der Waals surface area contributed by atoms with Crippen LogP contribution in [-0.2, 0) is 0 Å². The van der Waals surface area contributed by atoms with Gasteiger partial charge in [-0.15, -0.1) is 0 Å². The van der Waals surface area contributed by atoms with Gasteiger partial charge in [0.05, 0.1) is 18.4 Å². The lowest BCUT2D eigenvalue weighted by atomic mass is 10.0. The minimum absolute atomic E-state index is 0.140. The zero-order chi connectivity index (χ0) is 19.8. The van der Waals surface area contributed by atoms with E-state index in [1.165, 1.54) is 0 Å². The zero-order valence-electron chi connectivity index (χ0n) is 14.7. The molecule has 28 heavy (non-hydrogen) atoms. The number of benzene rings is 3.